The Labute approximate surface area is 458 Å². The minimum absolute atomic E-state index is 0.0391. The van der Waals surface area contributed by atoms with Gasteiger partial charge in [0.1, 0.15) is 22.8 Å². The van der Waals surface area contributed by atoms with E-state index in [1.807, 2.05) is 48.6 Å². The van der Waals surface area contributed by atoms with Gasteiger partial charge in [-0.05, 0) is 128 Å². The molecule has 1 fully saturated rings. The summed E-state index contributed by atoms with van der Waals surface area (Å²) in [7, 11) is 1.94. The molecule has 0 bridgehead atoms. The molecule has 0 saturated carbocycles. The fourth-order valence-corrected chi connectivity index (χ4v) is 10.6. The van der Waals surface area contributed by atoms with Gasteiger partial charge in [0, 0.05) is 68.2 Å². The second kappa shape index (κ2) is 30.8. The Morgan fingerprint density at radius 2 is 1.60 bits per heavy atom. The molecule has 2 aliphatic rings. The molecule has 2 unspecified atom stereocenters. The van der Waals surface area contributed by atoms with Gasteiger partial charge in [-0.3, -0.25) is 53.0 Å². The third kappa shape index (κ3) is 18.8. The summed E-state index contributed by atoms with van der Waals surface area (Å²) in [6.07, 6.45) is 8.72. The minimum atomic E-state index is -1.04. The summed E-state index contributed by atoms with van der Waals surface area (Å²) >= 11 is 1.13. The van der Waals surface area contributed by atoms with Crippen LogP contribution in [0.15, 0.2) is 41.8 Å². The quantitative estimate of drug-likeness (QED) is 0.0283. The number of nitrogens with one attached hydrogen (secondary N) is 4. The average Bonchev–Trinajstić information content (AvgIpc) is 4.01. The third-order valence-electron chi connectivity index (χ3n) is 15.0. The van der Waals surface area contributed by atoms with Gasteiger partial charge in [-0.15, -0.1) is 11.3 Å². The van der Waals surface area contributed by atoms with Crippen molar-refractivity contribution in [3.8, 4) is 0 Å². The Balaban J connectivity index is 1.44. The average molecular weight is 1090 g/mol. The molecule has 7 N–H and O–H groups in total. The van der Waals surface area contributed by atoms with Gasteiger partial charge in [0.05, 0.1) is 11.5 Å². The van der Waals surface area contributed by atoms with Crippen LogP contribution in [0, 0.1) is 17.8 Å². The van der Waals surface area contributed by atoms with E-state index in [4.69, 9.17) is 10.5 Å². The van der Waals surface area contributed by atoms with Gasteiger partial charge in [0.2, 0.25) is 23.6 Å². The number of hydrogen-bond donors (Lipinski definition) is 6. The monoisotopic (exact) mass is 1090 g/mol. The van der Waals surface area contributed by atoms with Crippen molar-refractivity contribution in [2.24, 2.45) is 23.5 Å². The number of benzene rings is 1. The Hall–Kier alpha value is -6.06. The molecule has 1 aromatic heterocycles. The normalized spacial score (nSPS) is 18.4. The van der Waals surface area contributed by atoms with Crippen LogP contribution in [0.3, 0.4) is 0 Å². The number of nitrogens with zero attached hydrogens (tertiary/aromatic N) is 4. The third-order valence-corrected chi connectivity index (χ3v) is 15.9. The molecule has 1 aromatic carbocycles. The van der Waals surface area contributed by atoms with Crippen LogP contribution >= 0.6 is 11.3 Å². The molecule has 2 aromatic rings. The predicted octanol–water partition coefficient (Wildman–Crippen LogP) is 5.91. The zero-order valence-electron chi connectivity index (χ0n) is 46.7. The summed E-state index contributed by atoms with van der Waals surface area (Å²) in [5.41, 5.74) is 6.19. The smallest absolute Gasteiger partial charge is 0.306 e. The molecule has 4 rings (SSSR count). The van der Waals surface area contributed by atoms with Crippen LogP contribution in [0.4, 0.5) is 5.69 Å². The molecular formula is C56H85N9O11S. The molecule has 77 heavy (non-hydrogen) atoms. The van der Waals surface area contributed by atoms with Gasteiger partial charge in [-0.2, -0.15) is 0 Å². The summed E-state index contributed by atoms with van der Waals surface area (Å²) in [6.45, 7) is 16.3. The number of piperidine rings is 1. The maximum atomic E-state index is 14.7. The largest absolute Gasteiger partial charge is 0.481 e. The second-order valence-corrected chi connectivity index (χ2v) is 22.1. The number of carbonyl (C=O) groups excluding carboxylic acids is 8. The highest BCUT2D eigenvalue weighted by Crippen LogP contribution is 2.33. The van der Waals surface area contributed by atoms with Crippen LogP contribution in [-0.4, -0.2) is 141 Å². The molecule has 1 saturated heterocycles. The van der Waals surface area contributed by atoms with E-state index in [0.717, 1.165) is 41.2 Å². The van der Waals surface area contributed by atoms with Gasteiger partial charge in [-0.1, -0.05) is 59.6 Å². The minimum Gasteiger partial charge on any atom is -0.481 e. The maximum Gasteiger partial charge on any atom is 0.306 e. The van der Waals surface area contributed by atoms with Crippen molar-refractivity contribution in [2.45, 2.75) is 181 Å². The molecular weight excluding hydrogens is 1010 g/mol. The Morgan fingerprint density at radius 1 is 0.909 bits per heavy atom. The van der Waals surface area contributed by atoms with Gasteiger partial charge < -0.3 is 41.7 Å². The Bertz CT molecular complexity index is 2360. The number of carboxylic acid groups (broad SMARTS) is 1. The molecule has 0 spiro atoms. The van der Waals surface area contributed by atoms with Gasteiger partial charge in [0.15, 0.2) is 6.10 Å². The first-order chi connectivity index (χ1) is 36.5. The number of esters is 1. The van der Waals surface area contributed by atoms with Crippen LogP contribution in [0.5, 0.6) is 0 Å². The fraction of sp³-hybridized carbons (Fsp3) is 0.643. The van der Waals surface area contributed by atoms with Crippen LogP contribution in [0.1, 0.15) is 166 Å². The first kappa shape index (κ1) is 63.5. The SMILES string of the molecule is CC[C@H](C)[C@H](NC(=O)C1(C)CCCCN1C)C(=O)N(CC)[C@H](C[C@@H](OC(C)=O)c1nc(C(=O)N[C@@H](Cc2ccc(NC(=O)C(CCCCN)NC(=O)CCCCCN3C(=O)C=CC3=O)cc2)C[C@H](C)C(=O)O)cs1)C(C)C. The zero-order valence-corrected chi connectivity index (χ0v) is 47.5. The molecule has 426 valence electrons. The van der Waals surface area contributed by atoms with Crippen LogP contribution < -0.4 is 27.0 Å². The Kier molecular flexibility index (Phi) is 25.4. The highest BCUT2D eigenvalue weighted by atomic mass is 32.1. The lowest BCUT2D eigenvalue weighted by atomic mass is 9.86. The fourth-order valence-electron chi connectivity index (χ4n) is 9.80. The topological polar surface area (TPSA) is 280 Å². The lowest BCUT2D eigenvalue weighted by Crippen LogP contribution is -2.63. The predicted molar refractivity (Wildman–Crippen MR) is 294 cm³/mol. The van der Waals surface area contributed by atoms with Crippen molar-refractivity contribution in [3.63, 3.8) is 0 Å². The number of nitrogens with two attached hydrogens (primary N) is 1. The van der Waals surface area contributed by atoms with Crippen molar-refractivity contribution in [3.05, 3.63) is 58.1 Å². The van der Waals surface area contributed by atoms with E-state index in [9.17, 15) is 48.3 Å². The molecule has 21 heteroatoms. The zero-order chi connectivity index (χ0) is 57.0. The van der Waals surface area contributed by atoms with E-state index in [0.29, 0.717) is 75.2 Å². The van der Waals surface area contributed by atoms with Crippen LogP contribution in [0.25, 0.3) is 0 Å². The number of hydrogen-bond acceptors (Lipinski definition) is 14. The maximum absolute atomic E-state index is 14.7. The highest BCUT2D eigenvalue weighted by molar-refractivity contribution is 7.09. The number of ether oxygens (including phenoxy) is 1. The first-order valence-corrected chi connectivity index (χ1v) is 28.3. The molecule has 0 aliphatic carbocycles. The number of rotatable bonds is 32. The number of likely N-dealkylation sites (tertiary alicyclic amines) is 1. The number of carboxylic acids is 1. The van der Waals surface area contributed by atoms with Gasteiger partial charge in [0.25, 0.3) is 17.7 Å². The van der Waals surface area contributed by atoms with Crippen molar-refractivity contribution >= 4 is 70.3 Å². The lowest BCUT2D eigenvalue weighted by Gasteiger charge is -2.43. The van der Waals surface area contributed by atoms with E-state index in [1.165, 1.54) is 19.1 Å². The van der Waals surface area contributed by atoms with Gasteiger partial charge in [-0.25, -0.2) is 4.98 Å². The molecule has 8 atom stereocenters. The number of unbranched alkanes of at least 4 members (excludes halogenated alkanes) is 3. The number of thiazole rings is 1. The van der Waals surface area contributed by atoms with Crippen molar-refractivity contribution < 1.29 is 53.0 Å². The van der Waals surface area contributed by atoms with E-state index < -0.39 is 65.5 Å². The highest BCUT2D eigenvalue weighted by Gasteiger charge is 2.43. The van der Waals surface area contributed by atoms with Crippen molar-refractivity contribution in [1.82, 2.24) is 35.6 Å². The summed E-state index contributed by atoms with van der Waals surface area (Å²) in [5, 5.41) is 23.6. The van der Waals surface area contributed by atoms with E-state index in [-0.39, 0.29) is 79.3 Å². The summed E-state index contributed by atoms with van der Waals surface area (Å²) in [6, 6.07) is 4.15. The number of aliphatic carboxylic acids is 1. The van der Waals surface area contributed by atoms with Crippen LogP contribution in [-0.2, 0) is 49.5 Å². The number of anilines is 1. The number of amides is 7. The second-order valence-electron chi connectivity index (χ2n) is 21.2. The van der Waals surface area contributed by atoms with Crippen molar-refractivity contribution in [2.75, 3.05) is 38.5 Å². The van der Waals surface area contributed by atoms with E-state index in [2.05, 4.69) is 31.2 Å². The van der Waals surface area contributed by atoms with Crippen molar-refractivity contribution in [1.29, 1.82) is 0 Å². The number of aromatic nitrogens is 1. The lowest BCUT2D eigenvalue weighted by molar-refractivity contribution is -0.150. The molecule has 3 heterocycles. The first-order valence-electron chi connectivity index (χ1n) is 27.4. The standard InChI is InChI=1S/C56H85N9O11S/c1-10-36(5)49(62-55(75)56(8)27-15-18-29-63(56)9)53(72)64(11-2)44(35(3)4)33-45(76-38(7)66)52-61-43(34-77-52)51(71)59-41(31-37(6)54(73)74)32-39-21-23-40(24-22-39)58-50(70)42(19-14-16-28-57)60-46(67)20-13-12-17-30-65-47(68)25-26-48(65)69/h21-26,34-37,41-42,44-45,49H,10-20,27-33,57H2,1-9H3,(H,58,70)(H,59,71)(H,60,67)(H,62,75)(H,73,74)/t36-,37-,41+,42?,44+,45+,49-,56?/m0/s1. The number of carbonyl (C=O) groups is 9. The molecule has 20 nitrogen and oxygen atoms in total. The summed E-state index contributed by atoms with van der Waals surface area (Å²) in [5.74, 6) is -5.11. The molecule has 2 aliphatic heterocycles. The molecule has 7 amide bonds. The molecule has 0 radical (unpaired) electrons. The number of likely N-dealkylation sites (N-methyl/N-ethyl adjacent to an activating group) is 2. The summed E-state index contributed by atoms with van der Waals surface area (Å²) in [4.78, 5) is 127. The Morgan fingerprint density at radius 3 is 2.19 bits per heavy atom. The van der Waals surface area contributed by atoms with Gasteiger partial charge >= 0.3 is 11.9 Å². The number of imide groups is 1. The van der Waals surface area contributed by atoms with E-state index in [1.54, 1.807) is 41.5 Å². The summed E-state index contributed by atoms with van der Waals surface area (Å²) < 4.78 is 5.88. The van der Waals surface area contributed by atoms with E-state index >= 15 is 0 Å². The van der Waals surface area contributed by atoms with Crippen LogP contribution in [0.2, 0.25) is 0 Å².